The van der Waals surface area contributed by atoms with Crippen molar-refractivity contribution in [3.05, 3.63) is 33.8 Å². The zero-order valence-electron chi connectivity index (χ0n) is 23.9. The van der Waals surface area contributed by atoms with Crippen molar-refractivity contribution >= 4 is 63.1 Å². The lowest BCUT2D eigenvalue weighted by Crippen LogP contribution is -2.52. The van der Waals surface area contributed by atoms with E-state index in [2.05, 4.69) is 5.32 Å². The fraction of sp³-hybridized carbons (Fsp3) is 0.625. The Labute approximate surface area is 260 Å². The van der Waals surface area contributed by atoms with Gasteiger partial charge in [0.15, 0.2) is 5.78 Å². The average Bonchev–Trinajstić information content (AvgIpc) is 2.86. The predicted octanol–water partition coefficient (Wildman–Crippen LogP) is 2.40. The SMILES string of the molecule is CC(C)C[C@@H](NC(=O)CCC(=O)c1cc(Cl)ccc1Cl)B1OCCN(CCCC(=O)NC(P(=O)(O)O)P(=O)(O)O)CCO1. The molecule has 1 aromatic rings. The number of ketones is 1. The summed E-state index contributed by atoms with van der Waals surface area (Å²) >= 11 is 12.0. The Hall–Kier alpha value is -1.35. The van der Waals surface area contributed by atoms with Gasteiger partial charge in [0, 0.05) is 56.2 Å². The highest BCUT2D eigenvalue weighted by molar-refractivity contribution is 7.70. The highest BCUT2D eigenvalue weighted by Gasteiger charge is 2.44. The number of hydrogen-bond donors (Lipinski definition) is 6. The quantitative estimate of drug-likeness (QED) is 0.0891. The first-order valence-electron chi connectivity index (χ1n) is 13.6. The predicted molar refractivity (Wildman–Crippen MR) is 161 cm³/mol. The molecule has 1 aliphatic rings. The maximum atomic E-state index is 12.8. The standard InChI is InChI=1S/C24H38BCl2N3O11P2/c1-16(2)14-21(28-23(33)8-7-20(31)18-15-17(26)5-6-19(18)27)25-40-12-10-30(11-13-41-25)9-3-4-22(32)29-24(42(34,35)36)43(37,38)39/h5-6,15-16,21,24H,3-4,7-14H2,1-2H3,(H,28,33)(H,29,32)(H2,34,35,36)(H2,37,38,39)/t21-/m1/s1. The van der Waals surface area contributed by atoms with E-state index in [4.69, 9.17) is 52.1 Å². The highest BCUT2D eigenvalue weighted by Crippen LogP contribution is 2.58. The maximum Gasteiger partial charge on any atom is 0.480 e. The minimum Gasteiger partial charge on any atom is -0.408 e. The molecule has 0 aliphatic carbocycles. The third kappa shape index (κ3) is 13.7. The van der Waals surface area contributed by atoms with Gasteiger partial charge < -0.3 is 39.5 Å². The van der Waals surface area contributed by atoms with E-state index in [0.717, 1.165) is 0 Å². The van der Waals surface area contributed by atoms with Gasteiger partial charge in [0.2, 0.25) is 17.3 Å². The molecule has 0 aromatic heterocycles. The summed E-state index contributed by atoms with van der Waals surface area (Å²) in [6.45, 7) is 5.78. The van der Waals surface area contributed by atoms with Crippen molar-refractivity contribution in [2.45, 2.75) is 57.4 Å². The van der Waals surface area contributed by atoms with Gasteiger partial charge in [-0.15, -0.1) is 0 Å². The Morgan fingerprint density at radius 3 is 2.09 bits per heavy atom. The average molecular weight is 688 g/mol. The van der Waals surface area contributed by atoms with Crippen LogP contribution in [-0.4, -0.2) is 93.5 Å². The summed E-state index contributed by atoms with van der Waals surface area (Å²) in [6, 6.07) is 4.56. The number of nitrogens with one attached hydrogen (secondary N) is 2. The zero-order valence-corrected chi connectivity index (χ0v) is 27.2. The van der Waals surface area contributed by atoms with Crippen LogP contribution in [0.15, 0.2) is 18.2 Å². The van der Waals surface area contributed by atoms with Crippen molar-refractivity contribution in [1.29, 1.82) is 0 Å². The number of amides is 2. The molecule has 19 heteroatoms. The smallest absolute Gasteiger partial charge is 0.408 e. The number of carbonyl (C=O) groups excluding carboxylic acids is 3. The molecular weight excluding hydrogens is 650 g/mol. The summed E-state index contributed by atoms with van der Waals surface area (Å²) in [4.78, 5) is 75.9. The van der Waals surface area contributed by atoms with Gasteiger partial charge in [0.05, 0.1) is 11.0 Å². The Balaban J connectivity index is 1.84. The molecule has 6 N–H and O–H groups in total. The molecule has 0 radical (unpaired) electrons. The molecule has 2 rings (SSSR count). The van der Waals surface area contributed by atoms with Crippen LogP contribution in [-0.2, 0) is 28.0 Å². The van der Waals surface area contributed by atoms with E-state index < -0.39 is 39.7 Å². The molecule has 1 heterocycles. The van der Waals surface area contributed by atoms with Crippen molar-refractivity contribution in [2.75, 3.05) is 32.8 Å². The van der Waals surface area contributed by atoms with Crippen LogP contribution >= 0.6 is 38.4 Å². The second kappa shape index (κ2) is 17.4. The lowest BCUT2D eigenvalue weighted by molar-refractivity contribution is -0.122. The van der Waals surface area contributed by atoms with E-state index in [9.17, 15) is 23.5 Å². The van der Waals surface area contributed by atoms with Crippen molar-refractivity contribution < 1.29 is 52.4 Å². The van der Waals surface area contributed by atoms with Gasteiger partial charge in [0.25, 0.3) is 0 Å². The molecule has 43 heavy (non-hydrogen) atoms. The van der Waals surface area contributed by atoms with Crippen molar-refractivity contribution in [2.24, 2.45) is 5.92 Å². The lowest BCUT2D eigenvalue weighted by Gasteiger charge is -2.31. The van der Waals surface area contributed by atoms with Crippen LogP contribution in [0.3, 0.4) is 0 Å². The first-order chi connectivity index (χ1) is 20.0. The van der Waals surface area contributed by atoms with E-state index in [-0.39, 0.29) is 67.1 Å². The molecule has 0 spiro atoms. The highest BCUT2D eigenvalue weighted by atomic mass is 35.5. The number of halogens is 2. The summed E-state index contributed by atoms with van der Waals surface area (Å²) in [5.41, 5.74) is -2.34. The Morgan fingerprint density at radius 1 is 0.953 bits per heavy atom. The number of Topliss-reactive ketones (excluding diaryl/α,β-unsaturated/α-hetero) is 1. The minimum atomic E-state index is -5.27. The van der Waals surface area contributed by atoms with Crippen molar-refractivity contribution in [1.82, 2.24) is 15.5 Å². The van der Waals surface area contributed by atoms with Crippen LogP contribution in [0.2, 0.25) is 10.0 Å². The molecule has 1 fully saturated rings. The second-order valence-electron chi connectivity index (χ2n) is 10.5. The van der Waals surface area contributed by atoms with Gasteiger partial charge in [-0.2, -0.15) is 0 Å². The molecule has 14 nitrogen and oxygen atoms in total. The third-order valence-electron chi connectivity index (χ3n) is 6.39. The molecule has 0 unspecified atom stereocenters. The Kier molecular flexibility index (Phi) is 15.3. The number of benzene rings is 1. The lowest BCUT2D eigenvalue weighted by atomic mass is 9.73. The Bertz CT molecular complexity index is 1180. The largest absolute Gasteiger partial charge is 0.480 e. The second-order valence-corrected chi connectivity index (χ2v) is 15.2. The summed E-state index contributed by atoms with van der Waals surface area (Å²) in [7, 11) is -11.3. The van der Waals surface area contributed by atoms with Crippen LogP contribution in [0.5, 0.6) is 0 Å². The molecule has 1 aromatic carbocycles. The molecule has 2 amide bonds. The van der Waals surface area contributed by atoms with Gasteiger partial charge in [-0.3, -0.25) is 28.4 Å². The van der Waals surface area contributed by atoms with E-state index in [1.807, 2.05) is 18.7 Å². The molecular formula is C24H38BCl2N3O11P2. The summed E-state index contributed by atoms with van der Waals surface area (Å²) in [5, 5.41) is 5.29. The Morgan fingerprint density at radius 2 is 1.53 bits per heavy atom. The topological polar surface area (TPSA) is 212 Å². The molecule has 1 atom stereocenters. The summed E-state index contributed by atoms with van der Waals surface area (Å²) < 4.78 is 34.5. The molecule has 242 valence electrons. The summed E-state index contributed by atoms with van der Waals surface area (Å²) in [5.74, 6) is -1.81. The fourth-order valence-corrected chi connectivity index (χ4v) is 6.94. The van der Waals surface area contributed by atoms with Crippen LogP contribution in [0.1, 0.15) is 56.3 Å². The van der Waals surface area contributed by atoms with E-state index in [1.54, 1.807) is 11.4 Å². The first-order valence-corrected chi connectivity index (χ1v) is 17.7. The van der Waals surface area contributed by atoms with Gasteiger partial charge in [-0.05, 0) is 43.5 Å². The zero-order chi connectivity index (χ0) is 32.4. The van der Waals surface area contributed by atoms with Crippen LogP contribution in [0.4, 0.5) is 0 Å². The normalized spacial score (nSPS) is 16.1. The number of nitrogens with zero attached hydrogens (tertiary/aromatic N) is 1. The summed E-state index contributed by atoms with van der Waals surface area (Å²) in [6.07, 6.45) is 0.473. The van der Waals surface area contributed by atoms with E-state index in [0.29, 0.717) is 31.1 Å². The van der Waals surface area contributed by atoms with Gasteiger partial charge in [0.1, 0.15) is 0 Å². The van der Waals surface area contributed by atoms with Gasteiger partial charge in [-0.25, -0.2) is 0 Å². The van der Waals surface area contributed by atoms with Gasteiger partial charge in [-0.1, -0.05) is 37.0 Å². The molecule has 1 saturated heterocycles. The third-order valence-corrected chi connectivity index (χ3v) is 10.3. The first kappa shape index (κ1) is 37.8. The molecule has 1 aliphatic heterocycles. The number of rotatable bonds is 15. The number of carbonyl (C=O) groups is 3. The minimum absolute atomic E-state index is 0.0566. The van der Waals surface area contributed by atoms with E-state index in [1.165, 1.54) is 12.1 Å². The van der Waals surface area contributed by atoms with Gasteiger partial charge >= 0.3 is 22.3 Å². The van der Waals surface area contributed by atoms with Crippen molar-refractivity contribution in [3.8, 4) is 0 Å². The fourth-order valence-electron chi connectivity index (χ4n) is 4.35. The maximum absolute atomic E-state index is 12.8. The molecule has 0 saturated carbocycles. The monoisotopic (exact) mass is 687 g/mol. The molecule has 0 bridgehead atoms. The van der Waals surface area contributed by atoms with Crippen LogP contribution < -0.4 is 10.6 Å². The van der Waals surface area contributed by atoms with Crippen LogP contribution in [0.25, 0.3) is 0 Å². The van der Waals surface area contributed by atoms with E-state index >= 15 is 0 Å². The van der Waals surface area contributed by atoms with Crippen molar-refractivity contribution in [3.63, 3.8) is 0 Å². The number of hydrogen-bond acceptors (Lipinski definition) is 8. The van der Waals surface area contributed by atoms with Crippen LogP contribution in [0, 0.1) is 5.92 Å².